The van der Waals surface area contributed by atoms with Crippen LogP contribution >= 0.6 is 0 Å². The first-order valence-electron chi connectivity index (χ1n) is 6.27. The first-order valence-corrected chi connectivity index (χ1v) is 6.27. The number of carbonyl (C=O) groups excluding carboxylic acids is 1. The molecule has 0 aliphatic heterocycles. The average molecular weight is 244 g/mol. The molecule has 18 heavy (non-hydrogen) atoms. The maximum atomic E-state index is 11.9. The lowest BCUT2D eigenvalue weighted by molar-refractivity contribution is 0.0938. The van der Waals surface area contributed by atoms with Crippen molar-refractivity contribution in [3.8, 4) is 11.8 Å². The van der Waals surface area contributed by atoms with Crippen molar-refractivity contribution in [3.05, 3.63) is 35.4 Å². The zero-order chi connectivity index (χ0) is 13.4. The molecular formula is C15H20N2O. The summed E-state index contributed by atoms with van der Waals surface area (Å²) >= 11 is 0. The fourth-order valence-corrected chi connectivity index (χ4v) is 1.67. The fraction of sp³-hybridized carbons (Fsp3) is 0.400. The summed E-state index contributed by atoms with van der Waals surface area (Å²) in [6.45, 7) is 4.47. The van der Waals surface area contributed by atoms with Crippen molar-refractivity contribution in [3.63, 3.8) is 0 Å². The minimum atomic E-state index is -0.0331. The van der Waals surface area contributed by atoms with Gasteiger partial charge in [-0.25, -0.2) is 0 Å². The average Bonchev–Trinajstić information content (AvgIpc) is 2.37. The van der Waals surface area contributed by atoms with Crippen LogP contribution in [0.2, 0.25) is 0 Å². The van der Waals surface area contributed by atoms with E-state index < -0.39 is 0 Å². The van der Waals surface area contributed by atoms with Crippen molar-refractivity contribution >= 4 is 5.91 Å². The number of rotatable bonds is 4. The van der Waals surface area contributed by atoms with Gasteiger partial charge in [0.2, 0.25) is 0 Å². The van der Waals surface area contributed by atoms with Crippen LogP contribution in [-0.4, -0.2) is 18.5 Å². The first kappa shape index (κ1) is 14.3. The SMILES string of the molecule is CCCC(C)NC(=O)c1ccc(C#CCN)cc1. The summed E-state index contributed by atoms with van der Waals surface area (Å²) in [6, 6.07) is 7.45. The number of amides is 1. The molecule has 0 saturated heterocycles. The van der Waals surface area contributed by atoms with Crippen molar-refractivity contribution in [1.29, 1.82) is 0 Å². The molecule has 0 aromatic heterocycles. The smallest absolute Gasteiger partial charge is 0.251 e. The molecule has 0 saturated carbocycles. The third kappa shape index (κ3) is 4.60. The third-order valence-corrected chi connectivity index (χ3v) is 2.58. The number of carbonyl (C=O) groups is 1. The molecule has 1 atom stereocenters. The molecule has 96 valence electrons. The Labute approximate surface area is 109 Å². The third-order valence-electron chi connectivity index (χ3n) is 2.58. The van der Waals surface area contributed by atoms with Crippen molar-refractivity contribution in [2.75, 3.05) is 6.54 Å². The van der Waals surface area contributed by atoms with E-state index in [2.05, 4.69) is 24.1 Å². The lowest BCUT2D eigenvalue weighted by atomic mass is 10.1. The Morgan fingerprint density at radius 3 is 2.61 bits per heavy atom. The van der Waals surface area contributed by atoms with Gasteiger partial charge in [-0.1, -0.05) is 25.2 Å². The number of hydrogen-bond donors (Lipinski definition) is 2. The van der Waals surface area contributed by atoms with E-state index in [-0.39, 0.29) is 11.9 Å². The maximum Gasteiger partial charge on any atom is 0.251 e. The summed E-state index contributed by atoms with van der Waals surface area (Å²) in [7, 11) is 0. The number of nitrogens with two attached hydrogens (primary N) is 1. The summed E-state index contributed by atoms with van der Waals surface area (Å²) in [5, 5.41) is 2.96. The molecule has 0 heterocycles. The largest absolute Gasteiger partial charge is 0.350 e. The predicted octanol–water partition coefficient (Wildman–Crippen LogP) is 1.92. The van der Waals surface area contributed by atoms with E-state index in [0.29, 0.717) is 12.1 Å². The fourth-order valence-electron chi connectivity index (χ4n) is 1.67. The van der Waals surface area contributed by atoms with Gasteiger partial charge in [0.25, 0.3) is 5.91 Å². The molecule has 0 bridgehead atoms. The molecule has 0 spiro atoms. The van der Waals surface area contributed by atoms with Gasteiger partial charge in [-0.05, 0) is 37.6 Å². The summed E-state index contributed by atoms with van der Waals surface area (Å²) in [5.41, 5.74) is 6.84. The van der Waals surface area contributed by atoms with Crippen molar-refractivity contribution in [1.82, 2.24) is 5.32 Å². The van der Waals surface area contributed by atoms with Crippen LogP contribution in [0.25, 0.3) is 0 Å². The van der Waals surface area contributed by atoms with Crippen molar-refractivity contribution in [2.24, 2.45) is 5.73 Å². The second kappa shape index (κ2) is 7.52. The molecule has 1 aromatic rings. The molecule has 3 nitrogen and oxygen atoms in total. The highest BCUT2D eigenvalue weighted by molar-refractivity contribution is 5.94. The molecule has 1 aromatic carbocycles. The molecule has 0 aliphatic rings. The van der Waals surface area contributed by atoms with Crippen LogP contribution in [-0.2, 0) is 0 Å². The van der Waals surface area contributed by atoms with Gasteiger partial charge in [-0.2, -0.15) is 0 Å². The van der Waals surface area contributed by atoms with Crippen LogP contribution in [0.15, 0.2) is 24.3 Å². The van der Waals surface area contributed by atoms with Gasteiger partial charge < -0.3 is 11.1 Å². The minimum absolute atomic E-state index is 0.0331. The van der Waals surface area contributed by atoms with E-state index >= 15 is 0 Å². The highest BCUT2D eigenvalue weighted by Crippen LogP contribution is 2.04. The van der Waals surface area contributed by atoms with Crippen LogP contribution in [0, 0.1) is 11.8 Å². The quantitative estimate of drug-likeness (QED) is 0.795. The van der Waals surface area contributed by atoms with Crippen molar-refractivity contribution < 1.29 is 4.79 Å². The van der Waals surface area contributed by atoms with E-state index in [1.165, 1.54) is 0 Å². The molecule has 0 aliphatic carbocycles. The maximum absolute atomic E-state index is 11.9. The van der Waals surface area contributed by atoms with E-state index in [9.17, 15) is 4.79 Å². The summed E-state index contributed by atoms with van der Waals surface area (Å²) in [4.78, 5) is 11.9. The molecule has 3 N–H and O–H groups in total. The Morgan fingerprint density at radius 2 is 2.06 bits per heavy atom. The van der Waals surface area contributed by atoms with Gasteiger partial charge in [0.05, 0.1) is 6.54 Å². The zero-order valence-corrected chi connectivity index (χ0v) is 11.0. The lowest BCUT2D eigenvalue weighted by Gasteiger charge is -2.12. The van der Waals surface area contributed by atoms with Gasteiger partial charge in [-0.3, -0.25) is 4.79 Å². The van der Waals surface area contributed by atoms with Crippen LogP contribution in [0.1, 0.15) is 42.6 Å². The van der Waals surface area contributed by atoms with Crippen molar-refractivity contribution in [2.45, 2.75) is 32.7 Å². The van der Waals surface area contributed by atoms with Crippen LogP contribution in [0.5, 0.6) is 0 Å². The molecular weight excluding hydrogens is 224 g/mol. The molecule has 3 heteroatoms. The molecule has 0 radical (unpaired) electrons. The topological polar surface area (TPSA) is 55.1 Å². The van der Waals surface area contributed by atoms with E-state index in [0.717, 1.165) is 18.4 Å². The Balaban J connectivity index is 2.64. The first-order chi connectivity index (χ1) is 8.67. The van der Waals surface area contributed by atoms with Gasteiger partial charge >= 0.3 is 0 Å². The monoisotopic (exact) mass is 244 g/mol. The standard InChI is InChI=1S/C15H20N2O/c1-3-5-12(2)17-15(18)14-9-7-13(8-10-14)6-4-11-16/h7-10,12H,3,5,11,16H2,1-2H3,(H,17,18). The number of benzene rings is 1. The molecule has 1 unspecified atom stereocenters. The molecule has 1 amide bonds. The highest BCUT2D eigenvalue weighted by atomic mass is 16.1. The lowest BCUT2D eigenvalue weighted by Crippen LogP contribution is -2.32. The number of hydrogen-bond acceptors (Lipinski definition) is 2. The summed E-state index contributed by atoms with van der Waals surface area (Å²) < 4.78 is 0. The minimum Gasteiger partial charge on any atom is -0.350 e. The van der Waals surface area contributed by atoms with Gasteiger partial charge in [0.15, 0.2) is 0 Å². The molecule has 0 fully saturated rings. The van der Waals surface area contributed by atoms with Gasteiger partial charge in [0, 0.05) is 17.2 Å². The van der Waals surface area contributed by atoms with Gasteiger partial charge in [0.1, 0.15) is 0 Å². The Bertz CT molecular complexity index is 440. The van der Waals surface area contributed by atoms with Crippen LogP contribution < -0.4 is 11.1 Å². The predicted molar refractivity (Wildman–Crippen MR) is 74.2 cm³/mol. The normalized spacial score (nSPS) is 11.3. The second-order valence-corrected chi connectivity index (χ2v) is 4.25. The van der Waals surface area contributed by atoms with Gasteiger partial charge in [-0.15, -0.1) is 0 Å². The second-order valence-electron chi connectivity index (χ2n) is 4.25. The van der Waals surface area contributed by atoms with E-state index in [4.69, 9.17) is 5.73 Å². The summed E-state index contributed by atoms with van der Waals surface area (Å²) in [6.07, 6.45) is 2.06. The Hall–Kier alpha value is -1.79. The Kier molecular flexibility index (Phi) is 5.96. The zero-order valence-electron chi connectivity index (χ0n) is 11.0. The number of nitrogens with one attached hydrogen (secondary N) is 1. The van der Waals surface area contributed by atoms with Crippen LogP contribution in [0.4, 0.5) is 0 Å². The summed E-state index contributed by atoms with van der Waals surface area (Å²) in [5.74, 6) is 5.67. The van der Waals surface area contributed by atoms with E-state index in [1.54, 1.807) is 12.1 Å². The Morgan fingerprint density at radius 1 is 1.39 bits per heavy atom. The van der Waals surface area contributed by atoms with Crippen LogP contribution in [0.3, 0.4) is 0 Å². The molecule has 1 rings (SSSR count). The van der Waals surface area contributed by atoms with E-state index in [1.807, 2.05) is 19.1 Å². The highest BCUT2D eigenvalue weighted by Gasteiger charge is 2.08.